The van der Waals surface area contributed by atoms with Gasteiger partial charge in [-0.05, 0) is 131 Å². The Morgan fingerprint density at radius 3 is 1.11 bits per heavy atom. The minimum atomic E-state index is 0.547. The molecule has 4 nitrogen and oxygen atoms in total. The highest BCUT2D eigenvalue weighted by Gasteiger charge is 2.22. The highest BCUT2D eigenvalue weighted by atomic mass is 35.5. The molecule has 12 aromatic rings. The van der Waals surface area contributed by atoms with Crippen molar-refractivity contribution in [2.45, 2.75) is 0 Å². The molecule has 0 atom stereocenters. The predicted octanol–water partition coefficient (Wildman–Crippen LogP) is 21.5. The van der Waals surface area contributed by atoms with Crippen LogP contribution in [0, 0.1) is 0 Å². The van der Waals surface area contributed by atoms with Gasteiger partial charge in [-0.15, -0.1) is 0 Å². The van der Waals surface area contributed by atoms with E-state index in [0.29, 0.717) is 15.1 Å². The fraction of sp³-hybridized carbons (Fsp3) is 0. The van der Waals surface area contributed by atoms with Crippen LogP contribution >= 0.6 is 34.8 Å². The Hall–Kier alpha value is -8.77. The van der Waals surface area contributed by atoms with Crippen molar-refractivity contribution >= 4 is 119 Å². The number of halogens is 3. The van der Waals surface area contributed by atoms with Gasteiger partial charge in [-0.3, -0.25) is 0 Å². The number of hydrogen-bond acceptors (Lipinski definition) is 4. The third-order valence-corrected chi connectivity index (χ3v) is 13.7. The molecule has 0 fully saturated rings. The fourth-order valence-corrected chi connectivity index (χ4v) is 9.69. The van der Waals surface area contributed by atoms with Gasteiger partial charge in [0.2, 0.25) is 0 Å². The van der Waals surface area contributed by atoms with Gasteiger partial charge in [-0.25, -0.2) is 0 Å². The highest BCUT2D eigenvalue weighted by molar-refractivity contribution is 6.44. The summed E-state index contributed by atoms with van der Waals surface area (Å²) in [6, 6.07) is 103. The first kappa shape index (κ1) is 49.8. The molecule has 0 spiro atoms. The zero-order chi connectivity index (χ0) is 51.2. The second-order valence-electron chi connectivity index (χ2n) is 17.4. The van der Waals surface area contributed by atoms with Crippen LogP contribution in [0.4, 0.5) is 62.6 Å². The van der Waals surface area contributed by atoms with Crippen molar-refractivity contribution in [3.63, 3.8) is 0 Å². The van der Waals surface area contributed by atoms with Crippen LogP contribution in [0.2, 0.25) is 15.1 Å². The molecule has 0 heterocycles. The van der Waals surface area contributed by atoms with Gasteiger partial charge < -0.3 is 20.0 Å². The first-order valence-corrected chi connectivity index (χ1v) is 25.8. The lowest BCUT2D eigenvalue weighted by atomic mass is 10.1. The van der Waals surface area contributed by atoms with E-state index in [1.54, 1.807) is 6.07 Å². The number of rotatable bonds is 11. The number of hydrogen-bond donors (Lipinski definition) is 1. The number of nitrogens with one attached hydrogen (secondary N) is 1. The summed E-state index contributed by atoms with van der Waals surface area (Å²) in [6.07, 6.45) is 0. The van der Waals surface area contributed by atoms with Crippen molar-refractivity contribution < 1.29 is 0 Å². The average Bonchev–Trinajstić information content (AvgIpc) is 3.48. The molecule has 0 bridgehead atoms. The molecule has 0 unspecified atom stereocenters. The van der Waals surface area contributed by atoms with E-state index in [1.807, 2.05) is 133 Å². The first-order valence-electron chi connectivity index (χ1n) is 24.7. The van der Waals surface area contributed by atoms with Crippen molar-refractivity contribution in [1.29, 1.82) is 0 Å². The van der Waals surface area contributed by atoms with E-state index in [9.17, 15) is 0 Å². The Kier molecular flexibility index (Phi) is 16.1. The smallest absolute Gasteiger partial charge is 0.0887 e. The van der Waals surface area contributed by atoms with Crippen molar-refractivity contribution in [1.82, 2.24) is 0 Å². The van der Waals surface area contributed by atoms with E-state index in [4.69, 9.17) is 34.8 Å². The van der Waals surface area contributed by atoms with Crippen molar-refractivity contribution in [2.24, 2.45) is 0 Å². The third-order valence-electron chi connectivity index (χ3n) is 12.5. The van der Waals surface area contributed by atoms with Crippen LogP contribution in [-0.2, 0) is 0 Å². The molecule has 0 aliphatic carbocycles. The molecule has 0 aromatic heterocycles. The highest BCUT2D eigenvalue weighted by Crippen LogP contribution is 2.47. The molecule has 12 rings (SSSR count). The summed E-state index contributed by atoms with van der Waals surface area (Å²) in [4.78, 5) is 6.52. The molecule has 0 aliphatic heterocycles. The second-order valence-corrected chi connectivity index (χ2v) is 18.6. The maximum atomic E-state index is 7.33. The molecule has 1 N–H and O–H groups in total. The Morgan fingerprint density at radius 2 is 0.613 bits per heavy atom. The number of para-hydroxylation sites is 6. The molecule has 12 aromatic carbocycles. The maximum Gasteiger partial charge on any atom is 0.0887 e. The Bertz CT molecular complexity index is 3650. The van der Waals surface area contributed by atoms with Gasteiger partial charge in [0.15, 0.2) is 0 Å². The van der Waals surface area contributed by atoms with Crippen molar-refractivity contribution in [2.75, 3.05) is 20.0 Å². The summed E-state index contributed by atoms with van der Waals surface area (Å²) in [5.74, 6) is 0. The summed E-state index contributed by atoms with van der Waals surface area (Å²) in [5, 5.41) is 10.1. The van der Waals surface area contributed by atoms with Gasteiger partial charge in [0, 0.05) is 50.9 Å². The van der Waals surface area contributed by atoms with Gasteiger partial charge in [-0.1, -0.05) is 223 Å². The molecule has 364 valence electrons. The molecule has 0 aliphatic rings. The predicted molar refractivity (Wildman–Crippen MR) is 323 cm³/mol. The zero-order valence-corrected chi connectivity index (χ0v) is 43.1. The van der Waals surface area contributed by atoms with E-state index in [0.717, 1.165) is 62.6 Å². The van der Waals surface area contributed by atoms with E-state index < -0.39 is 0 Å². The minimum absolute atomic E-state index is 0.547. The topological polar surface area (TPSA) is 21.8 Å². The lowest BCUT2D eigenvalue weighted by molar-refractivity contribution is 1.25. The Balaban J connectivity index is 0.000000142. The van der Waals surface area contributed by atoms with Crippen LogP contribution in [0.15, 0.2) is 303 Å². The summed E-state index contributed by atoms with van der Waals surface area (Å²) < 4.78 is 0. The monoisotopic (exact) mass is 1030 g/mol. The van der Waals surface area contributed by atoms with E-state index in [1.165, 1.54) is 21.5 Å². The summed E-state index contributed by atoms with van der Waals surface area (Å²) in [5.41, 5.74) is 11.2. The molecule has 75 heavy (non-hydrogen) atoms. The van der Waals surface area contributed by atoms with Gasteiger partial charge in [0.05, 0.1) is 32.1 Å². The Morgan fingerprint density at radius 1 is 0.253 bits per heavy atom. The largest absolute Gasteiger partial charge is 0.355 e. The SMILES string of the molecule is Clc1c(N(c2ccccc2)c2ccccc2)cccc1N(c1ccccc1)c1ccc2ccccc2c1.Clc1cccc(N(c2ccccc2)c2ccccc2)c1Cl.c1ccc(Nc2cccc3ccccc23)cc1. The first-order chi connectivity index (χ1) is 37.0. The van der Waals surface area contributed by atoms with Crippen LogP contribution in [0.5, 0.6) is 0 Å². The molecular formula is C68H51Cl3N4. The molecule has 0 saturated heterocycles. The molecular weight excluding hydrogens is 979 g/mol. The fourth-order valence-electron chi connectivity index (χ4n) is 9.01. The quantitative estimate of drug-likeness (QED) is 0.139. The van der Waals surface area contributed by atoms with Gasteiger partial charge in [-0.2, -0.15) is 0 Å². The zero-order valence-electron chi connectivity index (χ0n) is 40.8. The average molecular weight is 1030 g/mol. The van der Waals surface area contributed by atoms with Crippen LogP contribution in [0.25, 0.3) is 21.5 Å². The lowest BCUT2D eigenvalue weighted by Crippen LogP contribution is -2.14. The third kappa shape index (κ3) is 11.9. The van der Waals surface area contributed by atoms with Crippen LogP contribution in [-0.4, -0.2) is 0 Å². The number of anilines is 11. The van der Waals surface area contributed by atoms with Crippen LogP contribution in [0.3, 0.4) is 0 Å². The lowest BCUT2D eigenvalue weighted by Gasteiger charge is -2.31. The summed E-state index contributed by atoms with van der Waals surface area (Å²) in [6.45, 7) is 0. The van der Waals surface area contributed by atoms with E-state index >= 15 is 0 Å². The second kappa shape index (κ2) is 24.3. The van der Waals surface area contributed by atoms with Crippen LogP contribution in [0.1, 0.15) is 0 Å². The van der Waals surface area contributed by atoms with E-state index in [-0.39, 0.29) is 0 Å². The maximum absolute atomic E-state index is 7.33. The van der Waals surface area contributed by atoms with Crippen molar-refractivity contribution in [3.8, 4) is 0 Å². The Labute approximate surface area is 454 Å². The molecule has 7 heteroatoms. The summed E-state index contributed by atoms with van der Waals surface area (Å²) >= 11 is 19.9. The molecule has 0 radical (unpaired) electrons. The molecule has 0 saturated carbocycles. The number of benzene rings is 12. The number of nitrogens with zero attached hydrogens (tertiary/aromatic N) is 3. The van der Waals surface area contributed by atoms with Crippen molar-refractivity contribution in [3.05, 3.63) is 318 Å². The van der Waals surface area contributed by atoms with Gasteiger partial charge >= 0.3 is 0 Å². The number of fused-ring (bicyclic) bond motifs is 2. The van der Waals surface area contributed by atoms with E-state index in [2.05, 4.69) is 184 Å². The standard InChI is InChI=1S/C34H25ClN2.C18H13Cl2N.C16H13N/c35-34-32(36(28-15-4-1-5-16-28)29-17-6-2-7-18-29)21-12-22-33(34)37(30-19-8-3-9-20-30)31-24-23-26-13-10-11-14-27(26)25-31;19-16-12-7-13-17(18(16)20)21(14-8-3-1-4-9-14)15-10-5-2-6-11-15;1-2-9-14(10-3-1)17-16-12-6-8-13-7-4-5-11-15(13)16/h1-25H;1-13H;1-12,17H. The van der Waals surface area contributed by atoms with Gasteiger partial charge in [0.1, 0.15) is 0 Å². The van der Waals surface area contributed by atoms with Crippen LogP contribution < -0.4 is 20.0 Å². The van der Waals surface area contributed by atoms with Gasteiger partial charge in [0.25, 0.3) is 0 Å². The normalized spacial score (nSPS) is 10.6. The minimum Gasteiger partial charge on any atom is -0.355 e. The molecule has 0 amide bonds. The summed E-state index contributed by atoms with van der Waals surface area (Å²) in [7, 11) is 0.